The number of carboxylic acids is 1. The highest BCUT2D eigenvalue weighted by atomic mass is 16.4. The number of carbonyl (C=O) groups excluding carboxylic acids is 2. The molecule has 1 unspecified atom stereocenters. The SMILES string of the molecule is C[C@H](CCC(=O)NCC(=O)O)[C@H]1CC[C@H]2[C@@H]3C(=O)CC4C[C@H](O)CC[C@]4(C)[C@H]3C[C@H](O)[C@]12C. The molecule has 4 rings (SSSR count). The van der Waals surface area contributed by atoms with Crippen molar-refractivity contribution < 1.29 is 29.7 Å². The maximum atomic E-state index is 13.5. The van der Waals surface area contributed by atoms with Crippen LogP contribution in [0.4, 0.5) is 0 Å². The van der Waals surface area contributed by atoms with E-state index in [1.807, 2.05) is 0 Å². The Balaban J connectivity index is 1.49. The summed E-state index contributed by atoms with van der Waals surface area (Å²) in [5.41, 5.74) is -0.336. The topological polar surface area (TPSA) is 124 Å². The summed E-state index contributed by atoms with van der Waals surface area (Å²) in [5.74, 6) is 0.0128. The number of hydrogen-bond donors (Lipinski definition) is 4. The summed E-state index contributed by atoms with van der Waals surface area (Å²) in [6.07, 6.45) is 5.63. The van der Waals surface area contributed by atoms with Gasteiger partial charge in [0.2, 0.25) is 5.91 Å². The Morgan fingerprint density at radius 3 is 2.55 bits per heavy atom. The van der Waals surface area contributed by atoms with Gasteiger partial charge in [0.15, 0.2) is 0 Å². The minimum atomic E-state index is -1.05. The Kier molecular flexibility index (Phi) is 6.69. The maximum Gasteiger partial charge on any atom is 0.322 e. The van der Waals surface area contributed by atoms with Gasteiger partial charge < -0.3 is 20.6 Å². The van der Waals surface area contributed by atoms with Crippen molar-refractivity contribution in [2.45, 2.75) is 90.8 Å². The number of carboxylic acid groups (broad SMARTS) is 1. The standard InChI is InChI=1S/C26H41NO6/c1-14(4-7-22(31)27-13-23(32)33)17-5-6-18-24-19(12-21(30)26(17,18)3)25(2)9-8-16(28)10-15(25)11-20(24)29/h14-19,21,24,28,30H,4-13H2,1-3H3,(H,27,31)(H,32,33)/t14-,15?,16-,17-,18+,19+,21+,24+,25+,26-/m1/s1. The molecule has 7 nitrogen and oxygen atoms in total. The number of aliphatic hydroxyl groups excluding tert-OH is 2. The molecule has 10 atom stereocenters. The van der Waals surface area contributed by atoms with Gasteiger partial charge >= 0.3 is 5.97 Å². The molecule has 4 aliphatic carbocycles. The van der Waals surface area contributed by atoms with Gasteiger partial charge in [-0.15, -0.1) is 0 Å². The molecule has 0 aromatic rings. The van der Waals surface area contributed by atoms with Gasteiger partial charge in [-0.05, 0) is 80.0 Å². The third kappa shape index (κ3) is 4.13. The molecule has 186 valence electrons. The normalized spacial score (nSPS) is 45.5. The molecular formula is C26H41NO6. The van der Waals surface area contributed by atoms with E-state index in [0.717, 1.165) is 25.7 Å². The quantitative estimate of drug-likeness (QED) is 0.480. The van der Waals surface area contributed by atoms with Gasteiger partial charge in [0.25, 0.3) is 0 Å². The third-order valence-corrected chi connectivity index (χ3v) is 10.6. The van der Waals surface area contributed by atoms with Crippen molar-refractivity contribution in [2.75, 3.05) is 6.54 Å². The van der Waals surface area contributed by atoms with Gasteiger partial charge in [-0.1, -0.05) is 20.8 Å². The fraction of sp³-hybridized carbons (Fsp3) is 0.885. The minimum Gasteiger partial charge on any atom is -0.480 e. The number of ketones is 1. The lowest BCUT2D eigenvalue weighted by Crippen LogP contribution is -2.61. The molecule has 0 bridgehead atoms. The van der Waals surface area contributed by atoms with Gasteiger partial charge in [0, 0.05) is 24.2 Å². The van der Waals surface area contributed by atoms with Crippen molar-refractivity contribution in [3.8, 4) is 0 Å². The number of aliphatic hydroxyl groups is 2. The number of rotatable bonds is 6. The fourth-order valence-corrected chi connectivity index (χ4v) is 8.67. The molecule has 0 saturated heterocycles. The number of fused-ring (bicyclic) bond motifs is 5. The van der Waals surface area contributed by atoms with Crippen LogP contribution < -0.4 is 5.32 Å². The molecule has 1 amide bonds. The summed E-state index contributed by atoms with van der Waals surface area (Å²) in [4.78, 5) is 36.2. The maximum absolute atomic E-state index is 13.5. The van der Waals surface area contributed by atoms with Gasteiger partial charge in [-0.3, -0.25) is 14.4 Å². The van der Waals surface area contributed by atoms with Crippen LogP contribution in [0.25, 0.3) is 0 Å². The van der Waals surface area contributed by atoms with Gasteiger partial charge in [-0.2, -0.15) is 0 Å². The van der Waals surface area contributed by atoms with E-state index in [1.165, 1.54) is 0 Å². The first-order valence-electron chi connectivity index (χ1n) is 12.9. The predicted molar refractivity (Wildman–Crippen MR) is 122 cm³/mol. The van der Waals surface area contributed by atoms with E-state index in [1.54, 1.807) is 0 Å². The Hall–Kier alpha value is -1.47. The van der Waals surface area contributed by atoms with E-state index in [4.69, 9.17) is 5.11 Å². The lowest BCUT2D eigenvalue weighted by atomic mass is 9.43. The number of carbonyl (C=O) groups is 3. The van der Waals surface area contributed by atoms with Crippen molar-refractivity contribution in [1.82, 2.24) is 5.32 Å². The van der Waals surface area contributed by atoms with Crippen LogP contribution in [-0.2, 0) is 14.4 Å². The second kappa shape index (κ2) is 8.95. The van der Waals surface area contributed by atoms with Crippen LogP contribution in [0.2, 0.25) is 0 Å². The van der Waals surface area contributed by atoms with Crippen molar-refractivity contribution in [3.63, 3.8) is 0 Å². The Labute approximate surface area is 196 Å². The summed E-state index contributed by atoms with van der Waals surface area (Å²) in [6, 6.07) is 0. The van der Waals surface area contributed by atoms with Crippen LogP contribution in [0.1, 0.15) is 78.6 Å². The van der Waals surface area contributed by atoms with E-state index >= 15 is 0 Å². The molecule has 4 N–H and O–H groups in total. The summed E-state index contributed by atoms with van der Waals surface area (Å²) < 4.78 is 0. The average Bonchev–Trinajstić information content (AvgIpc) is 3.11. The first kappa shape index (κ1) is 24.6. The summed E-state index contributed by atoms with van der Waals surface area (Å²) in [5, 5.41) is 32.9. The Bertz CT molecular complexity index is 800. The first-order chi connectivity index (χ1) is 15.5. The molecule has 0 radical (unpaired) electrons. The molecule has 0 aromatic heterocycles. The number of hydrogen-bond acceptors (Lipinski definition) is 5. The van der Waals surface area contributed by atoms with E-state index in [9.17, 15) is 24.6 Å². The second-order valence-electron chi connectivity index (χ2n) is 12.0. The van der Waals surface area contributed by atoms with Gasteiger partial charge in [-0.25, -0.2) is 0 Å². The molecule has 0 heterocycles. The van der Waals surface area contributed by atoms with E-state index in [2.05, 4.69) is 26.1 Å². The minimum absolute atomic E-state index is 0.00600. The summed E-state index contributed by atoms with van der Waals surface area (Å²) in [7, 11) is 0. The van der Waals surface area contributed by atoms with Crippen molar-refractivity contribution in [2.24, 2.45) is 46.3 Å². The molecular weight excluding hydrogens is 422 g/mol. The van der Waals surface area contributed by atoms with Crippen molar-refractivity contribution in [3.05, 3.63) is 0 Å². The van der Waals surface area contributed by atoms with Crippen molar-refractivity contribution >= 4 is 17.7 Å². The summed E-state index contributed by atoms with van der Waals surface area (Å²) in [6.45, 7) is 6.23. The van der Waals surface area contributed by atoms with Crippen LogP contribution in [0.5, 0.6) is 0 Å². The number of amides is 1. The zero-order chi connectivity index (χ0) is 24.1. The first-order valence-corrected chi connectivity index (χ1v) is 12.9. The Morgan fingerprint density at radius 2 is 1.85 bits per heavy atom. The molecule has 4 aliphatic rings. The lowest BCUT2D eigenvalue weighted by molar-refractivity contribution is -0.182. The molecule has 0 aromatic carbocycles. The highest BCUT2D eigenvalue weighted by Crippen LogP contribution is 2.67. The molecule has 33 heavy (non-hydrogen) atoms. The van der Waals surface area contributed by atoms with Crippen LogP contribution in [0, 0.1) is 46.3 Å². The van der Waals surface area contributed by atoms with Gasteiger partial charge in [0.1, 0.15) is 12.3 Å². The van der Waals surface area contributed by atoms with Crippen LogP contribution in [0.3, 0.4) is 0 Å². The molecule has 7 heteroatoms. The van der Waals surface area contributed by atoms with Crippen LogP contribution >= 0.6 is 0 Å². The number of aliphatic carboxylic acids is 1. The fourth-order valence-electron chi connectivity index (χ4n) is 8.67. The number of Topliss-reactive ketones (excluding diaryl/α,β-unsaturated/α-hetero) is 1. The smallest absolute Gasteiger partial charge is 0.322 e. The third-order valence-electron chi connectivity index (χ3n) is 10.6. The monoisotopic (exact) mass is 463 g/mol. The zero-order valence-corrected chi connectivity index (χ0v) is 20.3. The van der Waals surface area contributed by atoms with E-state index < -0.39 is 12.1 Å². The molecule has 0 spiro atoms. The molecule has 4 saturated carbocycles. The predicted octanol–water partition coefficient (Wildman–Crippen LogP) is 2.77. The second-order valence-corrected chi connectivity index (χ2v) is 12.0. The zero-order valence-electron chi connectivity index (χ0n) is 20.3. The Morgan fingerprint density at radius 1 is 1.12 bits per heavy atom. The average molecular weight is 464 g/mol. The van der Waals surface area contributed by atoms with Gasteiger partial charge in [0.05, 0.1) is 12.2 Å². The highest BCUT2D eigenvalue weighted by molar-refractivity contribution is 5.83. The van der Waals surface area contributed by atoms with Crippen molar-refractivity contribution in [1.29, 1.82) is 0 Å². The van der Waals surface area contributed by atoms with Crippen LogP contribution in [0.15, 0.2) is 0 Å². The van der Waals surface area contributed by atoms with E-state index in [-0.39, 0.29) is 71.3 Å². The molecule has 0 aliphatic heterocycles. The largest absolute Gasteiger partial charge is 0.480 e. The lowest BCUT2D eigenvalue weighted by Gasteiger charge is -2.61. The van der Waals surface area contributed by atoms with Crippen LogP contribution in [-0.4, -0.2) is 51.7 Å². The van der Waals surface area contributed by atoms with E-state index in [0.29, 0.717) is 31.5 Å². The highest BCUT2D eigenvalue weighted by Gasteiger charge is 2.65. The number of nitrogens with one attached hydrogen (secondary N) is 1. The molecule has 4 fully saturated rings. The summed E-state index contributed by atoms with van der Waals surface area (Å²) >= 11 is 0.